The van der Waals surface area contributed by atoms with Crippen LogP contribution in [-0.2, 0) is 16.1 Å². The number of halogens is 1. The van der Waals surface area contributed by atoms with Crippen LogP contribution >= 0.6 is 11.6 Å². The van der Waals surface area contributed by atoms with Crippen LogP contribution < -0.4 is 10.1 Å². The SMILES string of the molecule is CCNC(=O)C(CC)N(Cc1ccccc1Cl)C(=O)COc1ccccc1C. The fraction of sp³-hybridized carbons (Fsp3) is 0.364. The number of hydrogen-bond acceptors (Lipinski definition) is 3. The molecule has 2 amide bonds. The lowest BCUT2D eigenvalue weighted by Crippen LogP contribution is -2.50. The van der Waals surface area contributed by atoms with Gasteiger partial charge in [-0.2, -0.15) is 0 Å². The van der Waals surface area contributed by atoms with Crippen molar-refractivity contribution in [3.63, 3.8) is 0 Å². The van der Waals surface area contributed by atoms with Crippen molar-refractivity contribution in [2.75, 3.05) is 13.2 Å². The first-order valence-electron chi connectivity index (χ1n) is 9.46. The van der Waals surface area contributed by atoms with Crippen molar-refractivity contribution in [2.24, 2.45) is 0 Å². The number of para-hydroxylation sites is 1. The minimum Gasteiger partial charge on any atom is -0.484 e. The van der Waals surface area contributed by atoms with E-state index in [4.69, 9.17) is 16.3 Å². The average molecular weight is 403 g/mol. The van der Waals surface area contributed by atoms with Crippen LogP contribution in [0.15, 0.2) is 48.5 Å². The number of carbonyl (C=O) groups excluding carboxylic acids is 2. The fourth-order valence-corrected chi connectivity index (χ4v) is 3.16. The molecule has 28 heavy (non-hydrogen) atoms. The Morgan fingerprint density at radius 2 is 1.79 bits per heavy atom. The molecule has 0 aliphatic heterocycles. The highest BCUT2D eigenvalue weighted by Crippen LogP contribution is 2.21. The third-order valence-corrected chi connectivity index (χ3v) is 4.85. The van der Waals surface area contributed by atoms with Crippen molar-refractivity contribution < 1.29 is 14.3 Å². The summed E-state index contributed by atoms with van der Waals surface area (Å²) in [5, 5.41) is 3.37. The fourth-order valence-electron chi connectivity index (χ4n) is 2.96. The predicted molar refractivity (Wildman–Crippen MR) is 111 cm³/mol. The Kier molecular flexibility index (Phi) is 8.33. The Bertz CT molecular complexity index is 810. The molecule has 0 spiro atoms. The summed E-state index contributed by atoms with van der Waals surface area (Å²) in [6.45, 7) is 6.26. The molecular weight excluding hydrogens is 376 g/mol. The normalized spacial score (nSPS) is 11.6. The number of likely N-dealkylation sites (N-methyl/N-ethyl adjacent to an activating group) is 1. The smallest absolute Gasteiger partial charge is 0.261 e. The number of amides is 2. The zero-order valence-corrected chi connectivity index (χ0v) is 17.3. The zero-order chi connectivity index (χ0) is 20.5. The van der Waals surface area contributed by atoms with Crippen LogP contribution in [-0.4, -0.2) is 35.9 Å². The van der Waals surface area contributed by atoms with Crippen LogP contribution in [0, 0.1) is 6.92 Å². The number of nitrogens with one attached hydrogen (secondary N) is 1. The van der Waals surface area contributed by atoms with Crippen LogP contribution in [0.1, 0.15) is 31.4 Å². The monoisotopic (exact) mass is 402 g/mol. The average Bonchev–Trinajstić information content (AvgIpc) is 2.68. The quantitative estimate of drug-likeness (QED) is 0.690. The molecule has 1 unspecified atom stereocenters. The molecule has 0 saturated carbocycles. The van der Waals surface area contributed by atoms with Crippen LogP contribution in [0.3, 0.4) is 0 Å². The minimum absolute atomic E-state index is 0.148. The molecule has 2 aromatic carbocycles. The molecule has 0 aliphatic rings. The first-order valence-corrected chi connectivity index (χ1v) is 9.84. The maximum Gasteiger partial charge on any atom is 0.261 e. The summed E-state index contributed by atoms with van der Waals surface area (Å²) in [6.07, 6.45) is 0.492. The topological polar surface area (TPSA) is 58.6 Å². The van der Waals surface area contributed by atoms with Crippen LogP contribution in [0.5, 0.6) is 5.75 Å². The van der Waals surface area contributed by atoms with E-state index in [2.05, 4.69) is 5.32 Å². The second kappa shape index (κ2) is 10.7. The first kappa shape index (κ1) is 21.8. The van der Waals surface area contributed by atoms with Gasteiger partial charge in [0.1, 0.15) is 11.8 Å². The van der Waals surface area contributed by atoms with Crippen molar-refractivity contribution in [1.29, 1.82) is 0 Å². The van der Waals surface area contributed by atoms with Gasteiger partial charge < -0.3 is 15.0 Å². The second-order valence-corrected chi connectivity index (χ2v) is 6.89. The van der Waals surface area contributed by atoms with E-state index in [0.717, 1.165) is 11.1 Å². The number of rotatable bonds is 9. The molecule has 0 bridgehead atoms. The Hall–Kier alpha value is -2.53. The zero-order valence-electron chi connectivity index (χ0n) is 16.6. The Morgan fingerprint density at radius 1 is 1.11 bits per heavy atom. The maximum atomic E-state index is 13.0. The van der Waals surface area contributed by atoms with Gasteiger partial charge in [-0.15, -0.1) is 0 Å². The van der Waals surface area contributed by atoms with E-state index in [1.165, 1.54) is 0 Å². The van der Waals surface area contributed by atoms with Crippen molar-refractivity contribution in [1.82, 2.24) is 10.2 Å². The van der Waals surface area contributed by atoms with Gasteiger partial charge in [0.05, 0.1) is 0 Å². The Morgan fingerprint density at radius 3 is 2.43 bits per heavy atom. The molecule has 0 saturated heterocycles. The summed E-state index contributed by atoms with van der Waals surface area (Å²) in [5.74, 6) is 0.210. The van der Waals surface area contributed by atoms with Gasteiger partial charge in [0.2, 0.25) is 5.91 Å². The number of benzene rings is 2. The third-order valence-electron chi connectivity index (χ3n) is 4.48. The van der Waals surface area contributed by atoms with Gasteiger partial charge in [0.25, 0.3) is 5.91 Å². The summed E-state index contributed by atoms with van der Waals surface area (Å²) < 4.78 is 5.73. The van der Waals surface area contributed by atoms with Crippen molar-refractivity contribution in [3.8, 4) is 5.75 Å². The molecule has 0 fully saturated rings. The van der Waals surface area contributed by atoms with E-state index in [1.807, 2.05) is 63.2 Å². The number of ether oxygens (including phenoxy) is 1. The van der Waals surface area contributed by atoms with E-state index < -0.39 is 6.04 Å². The van der Waals surface area contributed by atoms with E-state index in [9.17, 15) is 9.59 Å². The highest BCUT2D eigenvalue weighted by Gasteiger charge is 2.29. The number of hydrogen-bond donors (Lipinski definition) is 1. The lowest BCUT2D eigenvalue weighted by molar-refractivity contribution is -0.142. The lowest BCUT2D eigenvalue weighted by atomic mass is 10.1. The third kappa shape index (κ3) is 5.73. The lowest BCUT2D eigenvalue weighted by Gasteiger charge is -2.30. The van der Waals surface area contributed by atoms with Gasteiger partial charge >= 0.3 is 0 Å². The molecule has 2 aromatic rings. The summed E-state index contributed by atoms with van der Waals surface area (Å²) in [4.78, 5) is 27.1. The number of nitrogens with zero attached hydrogens (tertiary/aromatic N) is 1. The molecule has 150 valence electrons. The number of aryl methyl sites for hydroxylation is 1. The van der Waals surface area contributed by atoms with Gasteiger partial charge in [-0.3, -0.25) is 9.59 Å². The molecule has 1 atom stereocenters. The molecule has 0 aliphatic carbocycles. The second-order valence-electron chi connectivity index (χ2n) is 6.49. The van der Waals surface area contributed by atoms with Crippen LogP contribution in [0.4, 0.5) is 0 Å². The van der Waals surface area contributed by atoms with E-state index in [-0.39, 0.29) is 25.0 Å². The molecule has 5 nitrogen and oxygen atoms in total. The molecule has 0 aromatic heterocycles. The standard InChI is InChI=1S/C22H27ClN2O3/c1-4-19(22(27)24-5-2)25(14-17-11-7-8-12-18(17)23)21(26)15-28-20-13-9-6-10-16(20)3/h6-13,19H,4-5,14-15H2,1-3H3,(H,24,27). The van der Waals surface area contributed by atoms with Gasteiger partial charge in [-0.1, -0.05) is 54.9 Å². The molecule has 2 rings (SSSR count). The van der Waals surface area contributed by atoms with E-state index >= 15 is 0 Å². The largest absolute Gasteiger partial charge is 0.484 e. The minimum atomic E-state index is -0.593. The first-order chi connectivity index (χ1) is 13.5. The highest BCUT2D eigenvalue weighted by atomic mass is 35.5. The van der Waals surface area contributed by atoms with Gasteiger partial charge in [-0.05, 0) is 43.5 Å². The van der Waals surface area contributed by atoms with Crippen molar-refractivity contribution in [3.05, 3.63) is 64.7 Å². The molecule has 1 N–H and O–H groups in total. The van der Waals surface area contributed by atoms with Gasteiger partial charge in [0, 0.05) is 18.1 Å². The molecule has 6 heteroatoms. The van der Waals surface area contributed by atoms with Crippen LogP contribution in [0.25, 0.3) is 0 Å². The van der Waals surface area contributed by atoms with Crippen molar-refractivity contribution in [2.45, 2.75) is 39.8 Å². The summed E-state index contributed by atoms with van der Waals surface area (Å²) >= 11 is 6.29. The van der Waals surface area contributed by atoms with Gasteiger partial charge in [-0.25, -0.2) is 0 Å². The number of carbonyl (C=O) groups is 2. The highest BCUT2D eigenvalue weighted by molar-refractivity contribution is 6.31. The van der Waals surface area contributed by atoms with Crippen molar-refractivity contribution >= 4 is 23.4 Å². The molecular formula is C22H27ClN2O3. The summed E-state index contributed by atoms with van der Waals surface area (Å²) in [7, 11) is 0. The van der Waals surface area contributed by atoms with Crippen LogP contribution in [0.2, 0.25) is 5.02 Å². The van der Waals surface area contributed by atoms with Gasteiger partial charge in [0.15, 0.2) is 6.61 Å². The summed E-state index contributed by atoms with van der Waals surface area (Å²) in [6, 6.07) is 14.2. The predicted octanol–water partition coefficient (Wildman–Crippen LogP) is 3.97. The van der Waals surface area contributed by atoms with E-state index in [1.54, 1.807) is 11.0 Å². The maximum absolute atomic E-state index is 13.0. The Balaban J connectivity index is 2.23. The molecule has 0 heterocycles. The molecule has 0 radical (unpaired) electrons. The van der Waals surface area contributed by atoms with E-state index in [0.29, 0.717) is 23.7 Å². The Labute approximate surface area is 171 Å². The summed E-state index contributed by atoms with van der Waals surface area (Å²) in [5.41, 5.74) is 1.74.